The number of para-hydroxylation sites is 1. The molecule has 0 radical (unpaired) electrons. The number of halogens is 1. The molecule has 0 aliphatic heterocycles. The zero-order valence-electron chi connectivity index (χ0n) is 15.6. The summed E-state index contributed by atoms with van der Waals surface area (Å²) in [7, 11) is 2.10. The van der Waals surface area contributed by atoms with Crippen molar-refractivity contribution in [2.45, 2.75) is 13.3 Å². The number of nitrogens with zero attached hydrogens (tertiary/aromatic N) is 4. The summed E-state index contributed by atoms with van der Waals surface area (Å²) in [6, 6.07) is 9.12. The molecule has 0 amide bonds. The second-order valence-electron chi connectivity index (χ2n) is 6.75. The maximum absolute atomic E-state index is 10.2. The van der Waals surface area contributed by atoms with Crippen LogP contribution in [-0.4, -0.2) is 51.3 Å². The van der Waals surface area contributed by atoms with Gasteiger partial charge in [-0.1, -0.05) is 24.3 Å². The van der Waals surface area contributed by atoms with Gasteiger partial charge in [0.15, 0.2) is 5.65 Å². The summed E-state index contributed by atoms with van der Waals surface area (Å²) >= 11 is 3.50. The molecule has 0 aliphatic rings. The van der Waals surface area contributed by atoms with Crippen LogP contribution in [-0.2, 0) is 0 Å². The summed E-state index contributed by atoms with van der Waals surface area (Å²) < 4.78 is 2.58. The first-order valence-corrected chi connectivity index (χ1v) is 9.64. The van der Waals surface area contributed by atoms with Crippen molar-refractivity contribution in [1.82, 2.24) is 19.5 Å². The summed E-state index contributed by atoms with van der Waals surface area (Å²) in [6.45, 7) is 8.68. The van der Waals surface area contributed by atoms with Gasteiger partial charge in [-0.25, -0.2) is 4.98 Å². The SMILES string of the molecule is C=C(C)CN(C)CCCNc1cc(-c2ccccc2O)nc2c(Br)cnn12. The van der Waals surface area contributed by atoms with Gasteiger partial charge in [0.2, 0.25) is 0 Å². The van der Waals surface area contributed by atoms with E-state index in [9.17, 15) is 5.11 Å². The van der Waals surface area contributed by atoms with E-state index >= 15 is 0 Å². The van der Waals surface area contributed by atoms with E-state index in [-0.39, 0.29) is 5.75 Å². The fourth-order valence-electron chi connectivity index (χ4n) is 3.00. The van der Waals surface area contributed by atoms with Gasteiger partial charge in [-0.3, -0.25) is 0 Å². The lowest BCUT2D eigenvalue weighted by molar-refractivity contribution is 0.360. The fraction of sp³-hybridized carbons (Fsp3) is 0.300. The molecule has 27 heavy (non-hydrogen) atoms. The average Bonchev–Trinajstić information content (AvgIpc) is 2.99. The van der Waals surface area contributed by atoms with Crippen molar-refractivity contribution in [1.29, 1.82) is 0 Å². The van der Waals surface area contributed by atoms with Crippen LogP contribution in [0.1, 0.15) is 13.3 Å². The quantitative estimate of drug-likeness (QED) is 0.415. The highest BCUT2D eigenvalue weighted by atomic mass is 79.9. The van der Waals surface area contributed by atoms with Crippen LogP contribution in [0, 0.1) is 0 Å². The fourth-order valence-corrected chi connectivity index (χ4v) is 3.34. The van der Waals surface area contributed by atoms with Crippen molar-refractivity contribution in [2.75, 3.05) is 32.0 Å². The number of likely N-dealkylation sites (N-methyl/N-ethyl adjacent to an activating group) is 1. The Kier molecular flexibility index (Phi) is 6.13. The monoisotopic (exact) mass is 429 g/mol. The number of hydrogen-bond donors (Lipinski definition) is 2. The van der Waals surface area contributed by atoms with Gasteiger partial charge in [-0.2, -0.15) is 9.61 Å². The molecule has 0 spiro atoms. The molecule has 2 N–H and O–H groups in total. The lowest BCUT2D eigenvalue weighted by Crippen LogP contribution is -2.23. The van der Waals surface area contributed by atoms with Gasteiger partial charge in [0, 0.05) is 24.7 Å². The topological polar surface area (TPSA) is 65.7 Å². The van der Waals surface area contributed by atoms with Crippen molar-refractivity contribution in [2.24, 2.45) is 0 Å². The molecule has 0 atom stereocenters. The van der Waals surface area contributed by atoms with E-state index in [1.165, 1.54) is 0 Å². The third kappa shape index (κ3) is 4.67. The van der Waals surface area contributed by atoms with Crippen LogP contribution >= 0.6 is 15.9 Å². The molecule has 2 heterocycles. The highest BCUT2D eigenvalue weighted by Gasteiger charge is 2.13. The highest BCUT2D eigenvalue weighted by molar-refractivity contribution is 9.10. The molecule has 2 aromatic heterocycles. The van der Waals surface area contributed by atoms with Gasteiger partial charge in [0.05, 0.1) is 16.4 Å². The Labute approximate surface area is 167 Å². The van der Waals surface area contributed by atoms with Gasteiger partial charge in [-0.05, 0) is 55.0 Å². The minimum absolute atomic E-state index is 0.206. The number of benzene rings is 1. The van der Waals surface area contributed by atoms with Gasteiger partial charge in [0.1, 0.15) is 11.6 Å². The predicted octanol–water partition coefficient (Wildman–Crippen LogP) is 4.17. The molecular formula is C20H24BrN5O. The largest absolute Gasteiger partial charge is 0.507 e. The Morgan fingerprint density at radius 3 is 2.89 bits per heavy atom. The van der Waals surface area contributed by atoms with Crippen LogP contribution in [0.15, 0.2) is 53.2 Å². The molecule has 3 rings (SSSR count). The van der Waals surface area contributed by atoms with Gasteiger partial charge < -0.3 is 15.3 Å². The van der Waals surface area contributed by atoms with E-state index in [1.807, 2.05) is 25.1 Å². The van der Waals surface area contributed by atoms with Crippen LogP contribution in [0.4, 0.5) is 5.82 Å². The van der Waals surface area contributed by atoms with Gasteiger partial charge >= 0.3 is 0 Å². The molecule has 6 nitrogen and oxygen atoms in total. The Morgan fingerprint density at radius 1 is 1.37 bits per heavy atom. The molecule has 142 valence electrons. The molecule has 3 aromatic rings. The van der Waals surface area contributed by atoms with E-state index in [1.54, 1.807) is 22.8 Å². The molecule has 7 heteroatoms. The molecule has 0 bridgehead atoms. The van der Waals surface area contributed by atoms with E-state index in [0.29, 0.717) is 16.9 Å². The molecular weight excluding hydrogens is 406 g/mol. The third-order valence-electron chi connectivity index (χ3n) is 4.17. The molecule has 1 aromatic carbocycles. The Morgan fingerprint density at radius 2 is 2.15 bits per heavy atom. The first-order valence-electron chi connectivity index (χ1n) is 8.85. The van der Waals surface area contributed by atoms with Crippen LogP contribution in [0.5, 0.6) is 5.75 Å². The number of phenols is 1. The lowest BCUT2D eigenvalue weighted by atomic mass is 10.1. The molecule has 0 aliphatic carbocycles. The highest BCUT2D eigenvalue weighted by Crippen LogP contribution is 2.30. The Balaban J connectivity index is 1.80. The smallest absolute Gasteiger partial charge is 0.172 e. The van der Waals surface area contributed by atoms with E-state index < -0.39 is 0 Å². The Bertz CT molecular complexity index is 953. The Hall–Kier alpha value is -2.38. The maximum Gasteiger partial charge on any atom is 0.172 e. The van der Waals surface area contributed by atoms with E-state index in [4.69, 9.17) is 0 Å². The summed E-state index contributed by atoms with van der Waals surface area (Å²) in [5, 5.41) is 18.0. The number of rotatable bonds is 8. The molecule has 0 saturated carbocycles. The van der Waals surface area contributed by atoms with Crippen LogP contribution in [0.2, 0.25) is 0 Å². The third-order valence-corrected chi connectivity index (χ3v) is 4.73. The van der Waals surface area contributed by atoms with Crippen molar-refractivity contribution in [3.05, 3.63) is 53.2 Å². The number of aromatic nitrogens is 3. The summed E-state index contributed by atoms with van der Waals surface area (Å²) in [5.41, 5.74) is 3.26. The second kappa shape index (κ2) is 8.54. The molecule has 0 unspecified atom stereocenters. The van der Waals surface area contributed by atoms with Gasteiger partial charge in [-0.15, -0.1) is 0 Å². The standard InChI is InChI=1S/C20H24BrN5O/c1-14(2)13-25(3)10-6-9-22-19-11-17(15-7-4-5-8-18(15)27)24-20-16(21)12-23-26(19)20/h4-5,7-8,11-12,22,27H,1,6,9-10,13H2,2-3H3. The summed E-state index contributed by atoms with van der Waals surface area (Å²) in [4.78, 5) is 6.91. The average molecular weight is 430 g/mol. The van der Waals surface area contributed by atoms with E-state index in [0.717, 1.165) is 41.9 Å². The van der Waals surface area contributed by atoms with Crippen molar-refractivity contribution >= 4 is 27.4 Å². The maximum atomic E-state index is 10.2. The minimum atomic E-state index is 0.206. The number of nitrogens with one attached hydrogen (secondary N) is 1. The second-order valence-corrected chi connectivity index (χ2v) is 7.60. The zero-order valence-corrected chi connectivity index (χ0v) is 17.2. The van der Waals surface area contributed by atoms with Crippen LogP contribution in [0.25, 0.3) is 16.9 Å². The number of phenolic OH excluding ortho intramolecular Hbond substituents is 1. The van der Waals surface area contributed by atoms with Gasteiger partial charge in [0.25, 0.3) is 0 Å². The summed E-state index contributed by atoms with van der Waals surface area (Å²) in [5.74, 6) is 1.05. The van der Waals surface area contributed by atoms with Crippen molar-refractivity contribution in [3.63, 3.8) is 0 Å². The van der Waals surface area contributed by atoms with E-state index in [2.05, 4.69) is 49.9 Å². The van der Waals surface area contributed by atoms with Crippen LogP contribution < -0.4 is 5.32 Å². The zero-order chi connectivity index (χ0) is 19.4. The number of hydrogen-bond acceptors (Lipinski definition) is 5. The van der Waals surface area contributed by atoms with Crippen LogP contribution in [0.3, 0.4) is 0 Å². The number of anilines is 1. The van der Waals surface area contributed by atoms with Crippen molar-refractivity contribution in [3.8, 4) is 17.0 Å². The van der Waals surface area contributed by atoms with Crippen molar-refractivity contribution < 1.29 is 5.11 Å². The lowest BCUT2D eigenvalue weighted by Gasteiger charge is -2.17. The number of aromatic hydroxyl groups is 1. The summed E-state index contributed by atoms with van der Waals surface area (Å²) in [6.07, 6.45) is 2.71. The number of fused-ring (bicyclic) bond motifs is 1. The first kappa shape index (κ1) is 19.4. The molecule has 0 fully saturated rings. The predicted molar refractivity (Wildman–Crippen MR) is 113 cm³/mol. The first-order chi connectivity index (χ1) is 13.0. The minimum Gasteiger partial charge on any atom is -0.507 e. The molecule has 0 saturated heterocycles. The normalized spacial score (nSPS) is 11.3.